The van der Waals surface area contributed by atoms with Crippen molar-refractivity contribution in [2.24, 2.45) is 0 Å². The van der Waals surface area contributed by atoms with Gasteiger partial charge < -0.3 is 15.0 Å². The molecule has 8 heteroatoms. The van der Waals surface area contributed by atoms with Crippen molar-refractivity contribution in [3.8, 4) is 0 Å². The van der Waals surface area contributed by atoms with Crippen LogP contribution in [0.1, 0.15) is 20.8 Å². The maximum Gasteiger partial charge on any atom is 0.419 e. The first kappa shape index (κ1) is 15.3. The molecule has 2 amide bonds. The van der Waals surface area contributed by atoms with Crippen LogP contribution in [-0.2, 0) is 19.1 Å². The summed E-state index contributed by atoms with van der Waals surface area (Å²) in [6.07, 6.45) is 0. The summed E-state index contributed by atoms with van der Waals surface area (Å²) >= 11 is 0. The highest BCUT2D eigenvalue weighted by Gasteiger charge is 2.55. The summed E-state index contributed by atoms with van der Waals surface area (Å²) in [7, 11) is 0. The molecule has 0 aromatic carbocycles. The second kappa shape index (κ2) is 5.10. The van der Waals surface area contributed by atoms with E-state index in [0.29, 0.717) is 4.90 Å². The molecule has 1 saturated heterocycles. The van der Waals surface area contributed by atoms with Gasteiger partial charge in [0.1, 0.15) is 5.54 Å². The topological polar surface area (TPSA) is 75.7 Å². The van der Waals surface area contributed by atoms with E-state index in [1.165, 1.54) is 20.8 Å². The van der Waals surface area contributed by atoms with Crippen molar-refractivity contribution >= 4 is 17.8 Å². The van der Waals surface area contributed by atoms with Crippen molar-refractivity contribution in [1.29, 1.82) is 0 Å². The molecule has 0 spiro atoms. The number of hydrogen-bond acceptors (Lipinski definition) is 4. The van der Waals surface area contributed by atoms with E-state index in [1.54, 1.807) is 0 Å². The quantitative estimate of drug-likeness (QED) is 0.579. The van der Waals surface area contributed by atoms with Crippen LogP contribution in [0.5, 0.6) is 0 Å². The summed E-state index contributed by atoms with van der Waals surface area (Å²) in [5, 5.41) is 2.47. The zero-order valence-corrected chi connectivity index (χ0v) is 11.0. The molecule has 0 radical (unpaired) electrons. The summed E-state index contributed by atoms with van der Waals surface area (Å²) in [4.78, 5) is 35.2. The van der Waals surface area contributed by atoms with Crippen molar-refractivity contribution in [2.45, 2.75) is 32.2 Å². The minimum Gasteiger partial charge on any atom is -0.461 e. The van der Waals surface area contributed by atoms with E-state index >= 15 is 0 Å². The largest absolute Gasteiger partial charge is 0.461 e. The number of amides is 2. The molecule has 1 aliphatic heterocycles. The Bertz CT molecular complexity index is 409. The lowest BCUT2D eigenvalue weighted by molar-refractivity contribution is -0.187. The molecule has 1 heterocycles. The number of carbonyl (C=O) groups excluding carboxylic acids is 3. The van der Waals surface area contributed by atoms with Crippen LogP contribution >= 0.6 is 0 Å². The number of alkyl halides is 2. The normalized spacial score (nSPS) is 18.8. The van der Waals surface area contributed by atoms with Crippen LogP contribution in [0, 0.1) is 0 Å². The van der Waals surface area contributed by atoms with Gasteiger partial charge in [0.2, 0.25) is 5.91 Å². The van der Waals surface area contributed by atoms with E-state index in [4.69, 9.17) is 0 Å². The van der Waals surface area contributed by atoms with Crippen LogP contribution in [0.15, 0.2) is 0 Å². The maximum atomic E-state index is 13.7. The van der Waals surface area contributed by atoms with Gasteiger partial charge in [-0.3, -0.25) is 9.59 Å². The fourth-order valence-corrected chi connectivity index (χ4v) is 1.73. The summed E-state index contributed by atoms with van der Waals surface area (Å²) in [5.41, 5.74) is -1.44. The van der Waals surface area contributed by atoms with Crippen molar-refractivity contribution in [3.63, 3.8) is 0 Å². The van der Waals surface area contributed by atoms with Gasteiger partial charge in [0, 0.05) is 13.1 Å². The van der Waals surface area contributed by atoms with Gasteiger partial charge >= 0.3 is 17.8 Å². The Balaban J connectivity index is 2.98. The average molecular weight is 278 g/mol. The number of nitrogens with zero attached hydrogens (tertiary/aromatic N) is 1. The molecule has 0 aliphatic carbocycles. The van der Waals surface area contributed by atoms with E-state index in [9.17, 15) is 23.2 Å². The third kappa shape index (κ3) is 2.66. The van der Waals surface area contributed by atoms with Crippen LogP contribution in [-0.4, -0.2) is 53.8 Å². The van der Waals surface area contributed by atoms with E-state index < -0.39 is 29.2 Å². The minimum atomic E-state index is -4.29. The molecule has 1 fully saturated rings. The van der Waals surface area contributed by atoms with Crippen molar-refractivity contribution in [3.05, 3.63) is 0 Å². The lowest BCUT2D eigenvalue weighted by Gasteiger charge is -2.41. The Hall–Kier alpha value is -1.73. The van der Waals surface area contributed by atoms with Crippen LogP contribution in [0.3, 0.4) is 0 Å². The predicted octanol–water partition coefficient (Wildman–Crippen LogP) is -0.0782. The molecule has 0 unspecified atom stereocenters. The summed E-state index contributed by atoms with van der Waals surface area (Å²) in [5.74, 6) is -8.45. The number of nitrogens with one attached hydrogen (secondary N) is 1. The second-order valence-corrected chi connectivity index (χ2v) is 4.57. The zero-order valence-electron chi connectivity index (χ0n) is 11.0. The van der Waals surface area contributed by atoms with Gasteiger partial charge in [-0.15, -0.1) is 0 Å². The molecule has 6 nitrogen and oxygen atoms in total. The minimum absolute atomic E-state index is 0.0624. The van der Waals surface area contributed by atoms with Gasteiger partial charge in [0.05, 0.1) is 6.61 Å². The number of carbonyl (C=O) groups is 3. The SMILES string of the molecule is CCOC(=O)C(F)(F)C(=O)N1CCNC(=O)C1(C)C. The van der Waals surface area contributed by atoms with Crippen molar-refractivity contribution in [1.82, 2.24) is 10.2 Å². The number of rotatable bonds is 3. The number of halogens is 2. The highest BCUT2D eigenvalue weighted by Crippen LogP contribution is 2.26. The molecule has 1 aliphatic rings. The molecule has 1 rings (SSSR count). The Labute approximate surface area is 109 Å². The standard InChI is InChI=1S/C11H16F2N2O4/c1-4-19-9(18)11(12,13)8(17)15-6-5-14-7(16)10(15,2)3/h4-6H2,1-3H3,(H,14,16). The number of esters is 1. The van der Waals surface area contributed by atoms with E-state index in [0.717, 1.165) is 0 Å². The fourth-order valence-electron chi connectivity index (χ4n) is 1.73. The second-order valence-electron chi connectivity index (χ2n) is 4.57. The zero-order chi connectivity index (χ0) is 14.8. The Kier molecular flexibility index (Phi) is 4.12. The van der Waals surface area contributed by atoms with Crippen molar-refractivity contribution in [2.75, 3.05) is 19.7 Å². The molecule has 0 aromatic heterocycles. The molecule has 0 aromatic rings. The molecule has 0 atom stereocenters. The summed E-state index contributed by atoms with van der Waals surface area (Å²) < 4.78 is 31.5. The van der Waals surface area contributed by atoms with Gasteiger partial charge in [-0.05, 0) is 20.8 Å². The lowest BCUT2D eigenvalue weighted by Crippen LogP contribution is -2.66. The van der Waals surface area contributed by atoms with Crippen molar-refractivity contribution < 1.29 is 27.9 Å². The average Bonchev–Trinajstić information content (AvgIpc) is 2.32. The summed E-state index contributed by atoms with van der Waals surface area (Å²) in [6.45, 7) is 3.74. The summed E-state index contributed by atoms with van der Waals surface area (Å²) in [6, 6.07) is 0. The highest BCUT2D eigenvalue weighted by atomic mass is 19.3. The Morgan fingerprint density at radius 3 is 2.58 bits per heavy atom. The molecular formula is C11H16F2N2O4. The first-order chi connectivity index (χ1) is 8.65. The fraction of sp³-hybridized carbons (Fsp3) is 0.727. The molecular weight excluding hydrogens is 262 g/mol. The van der Waals surface area contributed by atoms with Gasteiger partial charge in [0.25, 0.3) is 0 Å². The van der Waals surface area contributed by atoms with Gasteiger partial charge in [-0.25, -0.2) is 4.79 Å². The number of hydrogen-bond donors (Lipinski definition) is 1. The Morgan fingerprint density at radius 1 is 1.47 bits per heavy atom. The van der Waals surface area contributed by atoms with E-state index in [1.807, 2.05) is 0 Å². The Morgan fingerprint density at radius 2 is 2.05 bits per heavy atom. The molecule has 0 bridgehead atoms. The molecule has 108 valence electrons. The third-order valence-corrected chi connectivity index (χ3v) is 2.90. The molecule has 1 N–H and O–H groups in total. The monoisotopic (exact) mass is 278 g/mol. The highest BCUT2D eigenvalue weighted by molar-refractivity contribution is 6.06. The van der Waals surface area contributed by atoms with Gasteiger partial charge in [-0.1, -0.05) is 0 Å². The van der Waals surface area contributed by atoms with Gasteiger partial charge in [0.15, 0.2) is 0 Å². The lowest BCUT2D eigenvalue weighted by atomic mass is 9.98. The first-order valence-electron chi connectivity index (χ1n) is 5.81. The first-order valence-corrected chi connectivity index (χ1v) is 5.81. The van der Waals surface area contributed by atoms with Crippen LogP contribution < -0.4 is 5.32 Å². The van der Waals surface area contributed by atoms with Crippen LogP contribution in [0.25, 0.3) is 0 Å². The third-order valence-electron chi connectivity index (χ3n) is 2.90. The van der Waals surface area contributed by atoms with E-state index in [-0.39, 0.29) is 19.7 Å². The van der Waals surface area contributed by atoms with E-state index in [2.05, 4.69) is 10.1 Å². The van der Waals surface area contributed by atoms with Crippen LogP contribution in [0.2, 0.25) is 0 Å². The molecule has 0 saturated carbocycles. The molecule has 19 heavy (non-hydrogen) atoms. The predicted molar refractivity (Wildman–Crippen MR) is 60.4 cm³/mol. The van der Waals surface area contributed by atoms with Gasteiger partial charge in [-0.2, -0.15) is 8.78 Å². The van der Waals surface area contributed by atoms with Crippen LogP contribution in [0.4, 0.5) is 8.78 Å². The number of piperazine rings is 1. The maximum absolute atomic E-state index is 13.7. The number of ether oxygens (including phenoxy) is 1. The smallest absolute Gasteiger partial charge is 0.419 e.